The Morgan fingerprint density at radius 3 is 2.06 bits per heavy atom. The van der Waals surface area contributed by atoms with Gasteiger partial charge in [-0.1, -0.05) is 0 Å². The van der Waals surface area contributed by atoms with Gasteiger partial charge in [0.2, 0.25) is 0 Å². The minimum atomic E-state index is -0.494. The summed E-state index contributed by atoms with van der Waals surface area (Å²) in [5.74, 6) is 5.62. The summed E-state index contributed by atoms with van der Waals surface area (Å²) >= 11 is 0. The van der Waals surface area contributed by atoms with Crippen molar-refractivity contribution >= 4 is 0 Å². The second kappa shape index (κ2) is 2.98. The van der Waals surface area contributed by atoms with Crippen LogP contribution >= 0.6 is 0 Å². The van der Waals surface area contributed by atoms with Gasteiger partial charge in [0.05, 0.1) is 17.3 Å². The van der Waals surface area contributed by atoms with Crippen molar-refractivity contribution in [1.29, 1.82) is 0 Å². The number of hydrogen-bond acceptors (Lipinski definition) is 2. The Morgan fingerprint density at radius 2 is 1.56 bits per heavy atom. The Labute approximate surface area is 110 Å². The van der Waals surface area contributed by atoms with E-state index in [9.17, 15) is 5.11 Å². The monoisotopic (exact) mass is 250 g/mol. The first-order chi connectivity index (χ1) is 8.20. The van der Waals surface area contributed by atoms with Crippen molar-refractivity contribution < 1.29 is 9.84 Å². The summed E-state index contributed by atoms with van der Waals surface area (Å²) in [4.78, 5) is 0. The van der Waals surface area contributed by atoms with E-state index >= 15 is 0 Å². The second-order valence-corrected chi connectivity index (χ2v) is 8.74. The van der Waals surface area contributed by atoms with Crippen LogP contribution in [0.1, 0.15) is 41.0 Å². The van der Waals surface area contributed by atoms with Crippen LogP contribution in [0.2, 0.25) is 0 Å². The molecular weight excluding hydrogens is 224 g/mol. The maximum atomic E-state index is 10.4. The third-order valence-electron chi connectivity index (χ3n) is 6.22. The summed E-state index contributed by atoms with van der Waals surface area (Å²) in [5, 5.41) is 10.4. The normalized spacial score (nSPS) is 56.3. The highest BCUT2D eigenvalue weighted by Gasteiger charge is 2.83. The molecule has 0 saturated heterocycles. The van der Waals surface area contributed by atoms with Gasteiger partial charge in [-0.15, -0.1) is 0 Å². The maximum absolute atomic E-state index is 10.4. The van der Waals surface area contributed by atoms with Gasteiger partial charge < -0.3 is 9.84 Å². The molecule has 5 fully saturated rings. The molecule has 102 valence electrons. The summed E-state index contributed by atoms with van der Waals surface area (Å²) in [7, 11) is 0. The molecule has 2 heteroatoms. The molecule has 0 aromatic heterocycles. The summed E-state index contributed by atoms with van der Waals surface area (Å²) in [6.45, 7) is 10.5. The zero-order valence-electron chi connectivity index (χ0n) is 12.2. The van der Waals surface area contributed by atoms with Crippen LogP contribution in [0.4, 0.5) is 0 Å². The van der Waals surface area contributed by atoms with Crippen LogP contribution in [0.15, 0.2) is 0 Å². The molecule has 6 bridgehead atoms. The summed E-state index contributed by atoms with van der Waals surface area (Å²) < 4.78 is 6.37. The summed E-state index contributed by atoms with van der Waals surface area (Å²) in [6, 6.07) is 0. The van der Waals surface area contributed by atoms with Crippen LogP contribution in [0.3, 0.4) is 0 Å². The van der Waals surface area contributed by atoms with Gasteiger partial charge in [-0.25, -0.2) is 0 Å². The average molecular weight is 250 g/mol. The van der Waals surface area contributed by atoms with Gasteiger partial charge in [0.1, 0.15) is 0 Å². The average Bonchev–Trinajstić information content (AvgIpc) is 2.48. The predicted molar refractivity (Wildman–Crippen MR) is 70.0 cm³/mol. The van der Waals surface area contributed by atoms with Crippen LogP contribution in [0.25, 0.3) is 0 Å². The van der Waals surface area contributed by atoms with E-state index < -0.39 is 5.60 Å². The van der Waals surface area contributed by atoms with Gasteiger partial charge in [-0.05, 0) is 82.5 Å². The van der Waals surface area contributed by atoms with Gasteiger partial charge in [0.25, 0.3) is 0 Å². The molecule has 0 radical (unpaired) electrons. The van der Waals surface area contributed by atoms with E-state index in [2.05, 4.69) is 20.8 Å². The fraction of sp³-hybridized carbons (Fsp3) is 1.00. The van der Waals surface area contributed by atoms with Crippen LogP contribution in [0, 0.1) is 41.4 Å². The quantitative estimate of drug-likeness (QED) is 0.816. The zero-order valence-corrected chi connectivity index (χ0v) is 12.2. The highest BCUT2D eigenvalue weighted by atomic mass is 16.5. The van der Waals surface area contributed by atoms with Crippen molar-refractivity contribution in [2.75, 3.05) is 0 Å². The molecule has 0 unspecified atom stereocenters. The smallest absolute Gasteiger partial charge is 0.0649 e. The predicted octanol–water partition coefficient (Wildman–Crippen LogP) is 2.70. The van der Waals surface area contributed by atoms with Crippen LogP contribution in [-0.2, 0) is 4.74 Å². The van der Waals surface area contributed by atoms with E-state index in [4.69, 9.17) is 4.74 Å². The molecule has 18 heavy (non-hydrogen) atoms. The lowest BCUT2D eigenvalue weighted by Crippen LogP contribution is -2.36. The fourth-order valence-corrected chi connectivity index (χ4v) is 6.05. The van der Waals surface area contributed by atoms with Gasteiger partial charge >= 0.3 is 0 Å². The molecule has 0 spiro atoms. The Balaban J connectivity index is 1.60. The van der Waals surface area contributed by atoms with Crippen LogP contribution in [0.5, 0.6) is 0 Å². The highest BCUT2D eigenvalue weighted by molar-refractivity contribution is 5.30. The van der Waals surface area contributed by atoms with Crippen molar-refractivity contribution in [2.45, 2.75) is 58.3 Å². The number of rotatable bonds is 2. The Hall–Kier alpha value is -0.0800. The van der Waals surface area contributed by atoms with E-state index in [1.54, 1.807) is 0 Å². The molecule has 5 rings (SSSR count). The molecule has 8 atom stereocenters. The minimum Gasteiger partial charge on any atom is -0.390 e. The molecular formula is C16H26O2. The third kappa shape index (κ3) is 1.27. The fourth-order valence-electron chi connectivity index (χ4n) is 6.05. The second-order valence-electron chi connectivity index (χ2n) is 8.74. The lowest BCUT2D eigenvalue weighted by Gasteiger charge is -2.33. The third-order valence-corrected chi connectivity index (χ3v) is 6.22. The van der Waals surface area contributed by atoms with E-state index in [0.717, 1.165) is 35.5 Å². The molecule has 0 aromatic carbocycles. The molecule has 2 nitrogen and oxygen atoms in total. The van der Waals surface area contributed by atoms with E-state index in [0.29, 0.717) is 12.0 Å². The largest absolute Gasteiger partial charge is 0.390 e. The summed E-state index contributed by atoms with van der Waals surface area (Å²) in [5.41, 5.74) is -0.509. The summed E-state index contributed by atoms with van der Waals surface area (Å²) in [6.07, 6.45) is 1.75. The molecule has 0 amide bonds. The molecule has 0 heterocycles. The first-order valence-corrected chi connectivity index (χ1v) is 7.60. The number of ether oxygens (including phenoxy) is 1. The lowest BCUT2D eigenvalue weighted by atomic mass is 9.77. The number of hydrogen-bond donors (Lipinski definition) is 1. The molecule has 0 aromatic rings. The first-order valence-electron chi connectivity index (χ1n) is 7.60. The molecule has 1 N–H and O–H groups in total. The van der Waals surface area contributed by atoms with Crippen molar-refractivity contribution in [3.05, 3.63) is 0 Å². The van der Waals surface area contributed by atoms with Gasteiger partial charge in [-0.3, -0.25) is 0 Å². The van der Waals surface area contributed by atoms with Crippen molar-refractivity contribution in [3.8, 4) is 0 Å². The van der Waals surface area contributed by atoms with Gasteiger partial charge in [0.15, 0.2) is 0 Å². The highest BCUT2D eigenvalue weighted by Crippen LogP contribution is 2.83. The Bertz CT molecular complexity index is 385. The zero-order chi connectivity index (χ0) is 13.0. The van der Waals surface area contributed by atoms with Crippen molar-refractivity contribution in [1.82, 2.24) is 0 Å². The first kappa shape index (κ1) is 11.7. The Morgan fingerprint density at radius 1 is 0.889 bits per heavy atom. The molecule has 5 aliphatic carbocycles. The Kier molecular flexibility index (Phi) is 1.94. The van der Waals surface area contributed by atoms with E-state index in [1.807, 2.05) is 13.8 Å². The van der Waals surface area contributed by atoms with Crippen molar-refractivity contribution in [2.24, 2.45) is 41.4 Å². The number of aliphatic hydroxyl groups is 1. The van der Waals surface area contributed by atoms with Crippen LogP contribution < -0.4 is 0 Å². The minimum absolute atomic E-state index is 0.0149. The van der Waals surface area contributed by atoms with E-state index in [1.165, 1.54) is 6.42 Å². The van der Waals surface area contributed by atoms with Gasteiger partial charge in [0, 0.05) is 0 Å². The van der Waals surface area contributed by atoms with Crippen LogP contribution in [-0.4, -0.2) is 22.4 Å². The molecule has 0 aliphatic heterocycles. The SMILES string of the molecule is CC(C)(C)O[C@@H]1[C@@H]2[C@@H]3[C@H]4C[C@H](C(C)(C)O)[C@@H]([C@@H]32)[C@H]41. The molecule has 5 saturated carbocycles. The standard InChI is InChI=1S/C16H26O2/c1-15(2,3)18-14-10-7-6-8(16(4,5)17)11(10)12-9(7)13(12)14/h7-14,17H,6H2,1-5H3/t7-,8+,9-,10+,11-,12-,13-,14+/m1/s1. The maximum Gasteiger partial charge on any atom is 0.0649 e. The molecule has 5 aliphatic rings. The van der Waals surface area contributed by atoms with E-state index in [-0.39, 0.29) is 5.60 Å². The van der Waals surface area contributed by atoms with Crippen molar-refractivity contribution in [3.63, 3.8) is 0 Å². The van der Waals surface area contributed by atoms with Gasteiger partial charge in [-0.2, -0.15) is 0 Å². The topological polar surface area (TPSA) is 29.5 Å². The lowest BCUT2D eigenvalue weighted by molar-refractivity contribution is -0.0828.